The zero-order chi connectivity index (χ0) is 13.3. The Hall–Kier alpha value is -2.14. The fourth-order valence-electron chi connectivity index (χ4n) is 1.73. The molecular weight excluding hydrogens is 240 g/mol. The van der Waals surface area contributed by atoms with E-state index in [1.165, 1.54) is 0 Å². The molecule has 0 saturated carbocycles. The summed E-state index contributed by atoms with van der Waals surface area (Å²) in [4.78, 5) is 18.7. The van der Waals surface area contributed by atoms with E-state index < -0.39 is 0 Å². The molecule has 3 N–H and O–H groups in total. The second-order valence-electron chi connectivity index (χ2n) is 4.20. The Morgan fingerprint density at radius 1 is 1.16 bits per heavy atom. The molecule has 100 valence electrons. The van der Waals surface area contributed by atoms with Gasteiger partial charge in [-0.15, -0.1) is 0 Å². The standard InChI is InChI=1S/C14H18N4O/c19-14(12-4-2-1-3-5-12)17-9-8-15-7-6-13-10-16-11-18-13/h1-5,10-11,15H,6-9H2,(H,16,18)(H,17,19). The van der Waals surface area contributed by atoms with Gasteiger partial charge in [-0.2, -0.15) is 0 Å². The van der Waals surface area contributed by atoms with Crippen LogP contribution in [0.15, 0.2) is 42.9 Å². The first-order chi connectivity index (χ1) is 9.36. The number of amides is 1. The molecule has 5 heteroatoms. The Balaban J connectivity index is 1.56. The van der Waals surface area contributed by atoms with Gasteiger partial charge in [0.25, 0.3) is 5.91 Å². The van der Waals surface area contributed by atoms with Crippen LogP contribution in [-0.4, -0.2) is 35.5 Å². The summed E-state index contributed by atoms with van der Waals surface area (Å²) in [6.07, 6.45) is 4.40. The predicted molar refractivity (Wildman–Crippen MR) is 73.9 cm³/mol. The third-order valence-corrected chi connectivity index (χ3v) is 2.75. The molecule has 19 heavy (non-hydrogen) atoms. The van der Waals surface area contributed by atoms with Crippen LogP contribution in [0.5, 0.6) is 0 Å². The number of H-pyrrole nitrogens is 1. The summed E-state index contributed by atoms with van der Waals surface area (Å²) in [5.74, 6) is -0.0315. The molecule has 0 unspecified atom stereocenters. The van der Waals surface area contributed by atoms with Gasteiger partial charge >= 0.3 is 0 Å². The molecule has 1 heterocycles. The van der Waals surface area contributed by atoms with Crippen molar-refractivity contribution in [1.29, 1.82) is 0 Å². The van der Waals surface area contributed by atoms with Crippen LogP contribution in [0, 0.1) is 0 Å². The highest BCUT2D eigenvalue weighted by Crippen LogP contribution is 1.97. The first-order valence-electron chi connectivity index (χ1n) is 6.37. The molecule has 1 amide bonds. The highest BCUT2D eigenvalue weighted by atomic mass is 16.1. The number of aromatic nitrogens is 2. The molecular formula is C14H18N4O. The predicted octanol–water partition coefficient (Wildman–Crippen LogP) is 0.972. The molecule has 0 radical (unpaired) electrons. The Morgan fingerprint density at radius 2 is 2.00 bits per heavy atom. The van der Waals surface area contributed by atoms with E-state index in [2.05, 4.69) is 20.6 Å². The van der Waals surface area contributed by atoms with Gasteiger partial charge in [0.15, 0.2) is 0 Å². The monoisotopic (exact) mass is 258 g/mol. The van der Waals surface area contributed by atoms with Crippen molar-refractivity contribution in [2.45, 2.75) is 6.42 Å². The Morgan fingerprint density at radius 3 is 2.74 bits per heavy atom. The minimum atomic E-state index is -0.0315. The van der Waals surface area contributed by atoms with E-state index >= 15 is 0 Å². The van der Waals surface area contributed by atoms with Gasteiger partial charge in [0.05, 0.1) is 6.33 Å². The molecule has 0 fully saturated rings. The van der Waals surface area contributed by atoms with Crippen molar-refractivity contribution in [2.75, 3.05) is 19.6 Å². The van der Waals surface area contributed by atoms with Crippen LogP contribution in [0.4, 0.5) is 0 Å². The topological polar surface area (TPSA) is 69.8 Å². The minimum Gasteiger partial charge on any atom is -0.351 e. The second-order valence-corrected chi connectivity index (χ2v) is 4.20. The number of rotatable bonds is 7. The molecule has 0 aliphatic carbocycles. The summed E-state index contributed by atoms with van der Waals surface area (Å²) < 4.78 is 0. The number of aromatic amines is 1. The zero-order valence-corrected chi connectivity index (χ0v) is 10.7. The lowest BCUT2D eigenvalue weighted by Gasteiger charge is -2.06. The van der Waals surface area contributed by atoms with Gasteiger partial charge in [-0.1, -0.05) is 18.2 Å². The summed E-state index contributed by atoms with van der Waals surface area (Å²) in [5.41, 5.74) is 1.81. The van der Waals surface area contributed by atoms with E-state index in [1.807, 2.05) is 24.4 Å². The average molecular weight is 258 g/mol. The largest absolute Gasteiger partial charge is 0.351 e. The Labute approximate surface area is 112 Å². The van der Waals surface area contributed by atoms with Crippen molar-refractivity contribution >= 4 is 5.91 Å². The molecule has 0 saturated heterocycles. The highest BCUT2D eigenvalue weighted by Gasteiger charge is 2.02. The van der Waals surface area contributed by atoms with Crippen LogP contribution in [0.25, 0.3) is 0 Å². The van der Waals surface area contributed by atoms with Gasteiger partial charge in [-0.3, -0.25) is 4.79 Å². The fourth-order valence-corrected chi connectivity index (χ4v) is 1.73. The lowest BCUT2D eigenvalue weighted by molar-refractivity contribution is 0.0954. The smallest absolute Gasteiger partial charge is 0.251 e. The van der Waals surface area contributed by atoms with E-state index in [-0.39, 0.29) is 5.91 Å². The van der Waals surface area contributed by atoms with Crippen LogP contribution in [0.1, 0.15) is 16.1 Å². The summed E-state index contributed by atoms with van der Waals surface area (Å²) in [6.45, 7) is 2.24. The molecule has 5 nitrogen and oxygen atoms in total. The maximum atomic E-state index is 11.7. The van der Waals surface area contributed by atoms with Gasteiger partial charge in [0.1, 0.15) is 0 Å². The number of hydrogen-bond acceptors (Lipinski definition) is 3. The van der Waals surface area contributed by atoms with Crippen molar-refractivity contribution in [3.63, 3.8) is 0 Å². The van der Waals surface area contributed by atoms with E-state index in [0.717, 1.165) is 25.2 Å². The van der Waals surface area contributed by atoms with Crippen LogP contribution < -0.4 is 10.6 Å². The normalized spacial score (nSPS) is 10.3. The molecule has 2 aromatic rings. The van der Waals surface area contributed by atoms with Crippen molar-refractivity contribution in [3.05, 3.63) is 54.1 Å². The van der Waals surface area contributed by atoms with Gasteiger partial charge in [0.2, 0.25) is 0 Å². The van der Waals surface area contributed by atoms with E-state index in [9.17, 15) is 4.79 Å². The lowest BCUT2D eigenvalue weighted by Crippen LogP contribution is -2.32. The van der Waals surface area contributed by atoms with Crippen molar-refractivity contribution in [3.8, 4) is 0 Å². The van der Waals surface area contributed by atoms with Crippen LogP contribution in [0.2, 0.25) is 0 Å². The molecule has 0 aliphatic heterocycles. The summed E-state index contributed by atoms with van der Waals surface area (Å²) in [7, 11) is 0. The van der Waals surface area contributed by atoms with Crippen molar-refractivity contribution < 1.29 is 4.79 Å². The summed E-state index contributed by atoms with van der Waals surface area (Å²) >= 11 is 0. The molecule has 1 aromatic heterocycles. The van der Waals surface area contributed by atoms with E-state index in [1.54, 1.807) is 18.5 Å². The van der Waals surface area contributed by atoms with Crippen molar-refractivity contribution in [2.24, 2.45) is 0 Å². The van der Waals surface area contributed by atoms with Gasteiger partial charge in [-0.05, 0) is 12.1 Å². The quantitative estimate of drug-likeness (QED) is 0.648. The van der Waals surface area contributed by atoms with Gasteiger partial charge in [-0.25, -0.2) is 4.98 Å². The molecule has 1 aromatic carbocycles. The summed E-state index contributed by atoms with van der Waals surface area (Å²) in [5, 5.41) is 6.14. The number of benzene rings is 1. The number of nitrogens with one attached hydrogen (secondary N) is 3. The maximum Gasteiger partial charge on any atom is 0.251 e. The van der Waals surface area contributed by atoms with Crippen LogP contribution in [-0.2, 0) is 6.42 Å². The molecule has 0 atom stereocenters. The Kier molecular flexibility index (Phi) is 5.13. The van der Waals surface area contributed by atoms with E-state index in [4.69, 9.17) is 0 Å². The number of carbonyl (C=O) groups is 1. The SMILES string of the molecule is O=C(NCCNCCc1cnc[nH]1)c1ccccc1. The maximum absolute atomic E-state index is 11.7. The zero-order valence-electron chi connectivity index (χ0n) is 10.7. The molecule has 2 rings (SSSR count). The first kappa shape index (κ1) is 13.3. The number of carbonyl (C=O) groups excluding carboxylic acids is 1. The molecule has 0 bridgehead atoms. The fraction of sp³-hybridized carbons (Fsp3) is 0.286. The molecule has 0 spiro atoms. The third kappa shape index (κ3) is 4.56. The average Bonchev–Trinajstić information content (AvgIpc) is 2.96. The first-order valence-corrected chi connectivity index (χ1v) is 6.37. The highest BCUT2D eigenvalue weighted by molar-refractivity contribution is 5.94. The lowest BCUT2D eigenvalue weighted by atomic mass is 10.2. The minimum absolute atomic E-state index is 0.0315. The molecule has 0 aliphatic rings. The van der Waals surface area contributed by atoms with Crippen molar-refractivity contribution in [1.82, 2.24) is 20.6 Å². The van der Waals surface area contributed by atoms with Gasteiger partial charge < -0.3 is 15.6 Å². The number of nitrogens with zero attached hydrogens (tertiary/aromatic N) is 1. The van der Waals surface area contributed by atoms with E-state index in [0.29, 0.717) is 12.1 Å². The number of imidazole rings is 1. The second kappa shape index (κ2) is 7.33. The number of hydrogen-bond donors (Lipinski definition) is 3. The van der Waals surface area contributed by atoms with Gasteiger partial charge in [0, 0.05) is 43.5 Å². The third-order valence-electron chi connectivity index (χ3n) is 2.75. The van der Waals surface area contributed by atoms with Crippen LogP contribution in [0.3, 0.4) is 0 Å². The summed E-state index contributed by atoms with van der Waals surface area (Å²) in [6, 6.07) is 9.23. The Bertz CT molecular complexity index is 481. The van der Waals surface area contributed by atoms with Crippen LogP contribution >= 0.6 is 0 Å².